The van der Waals surface area contributed by atoms with E-state index < -0.39 is 11.6 Å². The van der Waals surface area contributed by atoms with Gasteiger partial charge in [-0.3, -0.25) is 9.59 Å². The van der Waals surface area contributed by atoms with Gasteiger partial charge in [-0.2, -0.15) is 0 Å². The second-order valence-electron chi connectivity index (χ2n) is 6.58. The molecule has 2 aromatic rings. The molecule has 1 amide bonds. The maximum Gasteiger partial charge on any atom is 0.303 e. The highest BCUT2D eigenvalue weighted by atomic mass is 16.5. The summed E-state index contributed by atoms with van der Waals surface area (Å²) >= 11 is 0. The Bertz CT molecular complexity index is 769. The van der Waals surface area contributed by atoms with Crippen LogP contribution in [0.5, 0.6) is 11.5 Å². The number of rotatable bonds is 10. The molecule has 2 N–H and O–H groups in total. The Balaban J connectivity index is 1.44. The molecular formula is C21H23NO5. The summed E-state index contributed by atoms with van der Waals surface area (Å²) in [5, 5.41) is 11.5. The molecule has 0 aromatic heterocycles. The van der Waals surface area contributed by atoms with Gasteiger partial charge in [0.15, 0.2) is 5.60 Å². The molecule has 0 spiro atoms. The van der Waals surface area contributed by atoms with Gasteiger partial charge in [-0.25, -0.2) is 0 Å². The van der Waals surface area contributed by atoms with E-state index in [9.17, 15) is 9.59 Å². The first-order valence-electron chi connectivity index (χ1n) is 9.03. The van der Waals surface area contributed by atoms with Crippen molar-refractivity contribution in [3.05, 3.63) is 60.2 Å². The van der Waals surface area contributed by atoms with Crippen molar-refractivity contribution in [1.29, 1.82) is 0 Å². The van der Waals surface area contributed by atoms with Crippen molar-refractivity contribution < 1.29 is 24.2 Å². The van der Waals surface area contributed by atoms with Crippen molar-refractivity contribution in [2.75, 3.05) is 6.61 Å². The van der Waals surface area contributed by atoms with Gasteiger partial charge in [0, 0.05) is 25.8 Å². The summed E-state index contributed by atoms with van der Waals surface area (Å²) in [7, 11) is 0. The molecule has 142 valence electrons. The van der Waals surface area contributed by atoms with E-state index in [-0.39, 0.29) is 12.3 Å². The first-order valence-corrected chi connectivity index (χ1v) is 9.03. The lowest BCUT2D eigenvalue weighted by Gasteiger charge is -2.17. The van der Waals surface area contributed by atoms with Gasteiger partial charge < -0.3 is 19.9 Å². The fraction of sp³-hybridized carbons (Fsp3) is 0.333. The number of carboxylic acids is 1. The fourth-order valence-electron chi connectivity index (χ4n) is 2.66. The summed E-state index contributed by atoms with van der Waals surface area (Å²) in [4.78, 5) is 23.0. The first-order chi connectivity index (χ1) is 13.1. The maximum atomic E-state index is 12.5. The number of carbonyl (C=O) groups is 2. The molecule has 2 aromatic carbocycles. The van der Waals surface area contributed by atoms with Crippen LogP contribution in [-0.4, -0.2) is 29.2 Å². The Kier molecular flexibility index (Phi) is 5.96. The van der Waals surface area contributed by atoms with Crippen molar-refractivity contribution in [1.82, 2.24) is 5.32 Å². The van der Waals surface area contributed by atoms with Gasteiger partial charge in [0.05, 0.1) is 6.61 Å². The van der Waals surface area contributed by atoms with Gasteiger partial charge in [0.25, 0.3) is 5.91 Å². The van der Waals surface area contributed by atoms with E-state index in [0.717, 1.165) is 18.4 Å². The van der Waals surface area contributed by atoms with Crippen molar-refractivity contribution in [2.45, 2.75) is 37.8 Å². The summed E-state index contributed by atoms with van der Waals surface area (Å²) in [5.74, 6) is 0.464. The Morgan fingerprint density at radius 1 is 1.00 bits per heavy atom. The van der Waals surface area contributed by atoms with Gasteiger partial charge >= 0.3 is 5.97 Å². The monoisotopic (exact) mass is 369 g/mol. The molecule has 1 saturated carbocycles. The smallest absolute Gasteiger partial charge is 0.303 e. The van der Waals surface area contributed by atoms with Crippen LogP contribution in [0.4, 0.5) is 0 Å². The lowest BCUT2D eigenvalue weighted by atomic mass is 10.2. The van der Waals surface area contributed by atoms with Crippen molar-refractivity contribution in [3.8, 4) is 11.5 Å². The molecule has 1 fully saturated rings. The largest absolute Gasteiger partial charge is 0.494 e. The first kappa shape index (κ1) is 18.8. The van der Waals surface area contributed by atoms with Gasteiger partial charge in [-0.15, -0.1) is 0 Å². The van der Waals surface area contributed by atoms with Crippen LogP contribution in [0, 0.1) is 0 Å². The highest BCUT2D eigenvalue weighted by Crippen LogP contribution is 2.40. The molecular weight excluding hydrogens is 346 g/mol. The topological polar surface area (TPSA) is 84.9 Å². The molecule has 0 atom stereocenters. The van der Waals surface area contributed by atoms with E-state index in [1.165, 1.54) is 0 Å². The Morgan fingerprint density at radius 2 is 1.70 bits per heavy atom. The quantitative estimate of drug-likeness (QED) is 0.629. The summed E-state index contributed by atoms with van der Waals surface area (Å²) in [6, 6.07) is 16.8. The lowest BCUT2D eigenvalue weighted by molar-refractivity contribution is -0.137. The van der Waals surface area contributed by atoms with Crippen molar-refractivity contribution in [3.63, 3.8) is 0 Å². The summed E-state index contributed by atoms with van der Waals surface area (Å²) in [6.45, 7) is 0.778. The zero-order valence-corrected chi connectivity index (χ0v) is 15.0. The van der Waals surface area contributed by atoms with Gasteiger partial charge in [0.2, 0.25) is 0 Å². The fourth-order valence-corrected chi connectivity index (χ4v) is 2.66. The number of amides is 1. The summed E-state index contributed by atoms with van der Waals surface area (Å²) in [6.07, 6.45) is 2.00. The van der Waals surface area contributed by atoms with Crippen LogP contribution in [0.1, 0.15) is 31.2 Å². The standard InChI is InChI=1S/C21H23NO5/c23-19(24)7-4-14-26-17-10-8-16(9-11-17)15-22-20(25)21(12-13-21)27-18-5-2-1-3-6-18/h1-3,5-6,8-11H,4,7,12-15H2,(H,22,25)(H,23,24). The number of para-hydroxylation sites is 1. The van der Waals surface area contributed by atoms with Crippen LogP contribution in [0.3, 0.4) is 0 Å². The third-order valence-corrected chi connectivity index (χ3v) is 4.35. The lowest BCUT2D eigenvalue weighted by Crippen LogP contribution is -2.40. The number of aliphatic carboxylic acids is 1. The number of ether oxygens (including phenoxy) is 2. The predicted octanol–water partition coefficient (Wildman–Crippen LogP) is 3.16. The predicted molar refractivity (Wildman–Crippen MR) is 99.7 cm³/mol. The average Bonchev–Trinajstić information content (AvgIpc) is 3.45. The zero-order chi connectivity index (χ0) is 19.1. The third kappa shape index (κ3) is 5.48. The van der Waals surface area contributed by atoms with E-state index in [1.54, 1.807) is 0 Å². The number of carboxylic acid groups (broad SMARTS) is 1. The molecule has 0 radical (unpaired) electrons. The van der Waals surface area contributed by atoms with Crippen LogP contribution in [-0.2, 0) is 16.1 Å². The van der Waals surface area contributed by atoms with Gasteiger partial charge in [0.1, 0.15) is 11.5 Å². The van der Waals surface area contributed by atoms with E-state index in [1.807, 2.05) is 54.6 Å². The molecule has 6 nitrogen and oxygen atoms in total. The minimum atomic E-state index is -0.825. The minimum absolute atomic E-state index is 0.0942. The van der Waals surface area contributed by atoms with Crippen LogP contribution in [0.2, 0.25) is 0 Å². The van der Waals surface area contributed by atoms with Crippen LogP contribution < -0.4 is 14.8 Å². The SMILES string of the molecule is O=C(O)CCCOc1ccc(CNC(=O)C2(Oc3ccccc3)CC2)cc1. The molecule has 0 aliphatic heterocycles. The summed E-state index contributed by atoms with van der Waals surface area (Å²) in [5.41, 5.74) is 0.214. The number of carbonyl (C=O) groups excluding carboxylic acids is 1. The van der Waals surface area contributed by atoms with Crippen LogP contribution in [0.25, 0.3) is 0 Å². The molecule has 3 rings (SSSR count). The van der Waals surface area contributed by atoms with Gasteiger partial charge in [-0.05, 0) is 36.2 Å². The van der Waals surface area contributed by atoms with Crippen LogP contribution >= 0.6 is 0 Å². The molecule has 27 heavy (non-hydrogen) atoms. The Labute approximate surface area is 158 Å². The number of benzene rings is 2. The minimum Gasteiger partial charge on any atom is -0.494 e. The Hall–Kier alpha value is -3.02. The van der Waals surface area contributed by atoms with Crippen LogP contribution in [0.15, 0.2) is 54.6 Å². The second-order valence-corrected chi connectivity index (χ2v) is 6.58. The van der Waals surface area contributed by atoms with Gasteiger partial charge in [-0.1, -0.05) is 30.3 Å². The van der Waals surface area contributed by atoms with E-state index in [4.69, 9.17) is 14.6 Å². The molecule has 0 bridgehead atoms. The van der Waals surface area contributed by atoms with E-state index in [2.05, 4.69) is 5.32 Å². The summed E-state index contributed by atoms with van der Waals surface area (Å²) < 4.78 is 11.4. The number of nitrogens with one attached hydrogen (secondary N) is 1. The number of hydrogen-bond donors (Lipinski definition) is 2. The molecule has 6 heteroatoms. The average molecular weight is 369 g/mol. The normalized spacial score (nSPS) is 14.2. The highest BCUT2D eigenvalue weighted by molar-refractivity contribution is 5.88. The van der Waals surface area contributed by atoms with Crippen molar-refractivity contribution >= 4 is 11.9 Å². The molecule has 1 aliphatic carbocycles. The van der Waals surface area contributed by atoms with Crippen molar-refractivity contribution in [2.24, 2.45) is 0 Å². The zero-order valence-electron chi connectivity index (χ0n) is 15.0. The molecule has 0 saturated heterocycles. The second kappa shape index (κ2) is 8.58. The maximum absolute atomic E-state index is 12.5. The van der Waals surface area contributed by atoms with E-state index in [0.29, 0.717) is 31.1 Å². The molecule has 1 aliphatic rings. The molecule has 0 unspecified atom stereocenters. The van der Waals surface area contributed by atoms with E-state index >= 15 is 0 Å². The highest BCUT2D eigenvalue weighted by Gasteiger charge is 2.52. The Morgan fingerprint density at radius 3 is 2.33 bits per heavy atom. The third-order valence-electron chi connectivity index (χ3n) is 4.35. The number of hydrogen-bond acceptors (Lipinski definition) is 4. The molecule has 0 heterocycles.